The molecule has 4 aliphatic carbocycles. The highest BCUT2D eigenvalue weighted by molar-refractivity contribution is 5.13. The Hall–Kier alpha value is -0.0800. The van der Waals surface area contributed by atoms with Crippen LogP contribution in [0.5, 0.6) is 0 Å². The van der Waals surface area contributed by atoms with E-state index in [0.29, 0.717) is 10.8 Å². The molecule has 2 nitrogen and oxygen atoms in total. The van der Waals surface area contributed by atoms with Crippen LogP contribution >= 0.6 is 0 Å². The third-order valence-corrected chi connectivity index (χ3v) is 4.86. The molecule has 0 aliphatic heterocycles. The summed E-state index contributed by atoms with van der Waals surface area (Å²) in [6.45, 7) is 4.84. The van der Waals surface area contributed by atoms with Crippen LogP contribution in [0.4, 0.5) is 0 Å². The molecule has 4 fully saturated rings. The Morgan fingerprint density at radius 1 is 1.00 bits per heavy atom. The summed E-state index contributed by atoms with van der Waals surface area (Å²) in [5.41, 5.74) is 3.74. The molecule has 0 aromatic heterocycles. The van der Waals surface area contributed by atoms with E-state index in [1.54, 1.807) is 0 Å². The Morgan fingerprint density at radius 3 is 2.00 bits per heavy atom. The second-order valence-corrected chi connectivity index (χ2v) is 7.02. The zero-order chi connectivity index (χ0) is 10.0. The van der Waals surface area contributed by atoms with Crippen LogP contribution in [0, 0.1) is 16.7 Å². The molecule has 2 heteroatoms. The van der Waals surface area contributed by atoms with Gasteiger partial charge in [0.05, 0.1) is 0 Å². The van der Waals surface area contributed by atoms with Crippen molar-refractivity contribution in [3.63, 3.8) is 0 Å². The SMILES string of the molecule is CC12CC3CC(C)(C1)CC(NO)(C3)C2. The van der Waals surface area contributed by atoms with E-state index in [2.05, 4.69) is 19.3 Å². The van der Waals surface area contributed by atoms with E-state index in [1.807, 2.05) is 0 Å². The third-order valence-electron chi connectivity index (χ3n) is 4.86. The number of nitrogens with one attached hydrogen (secondary N) is 1. The summed E-state index contributed by atoms with van der Waals surface area (Å²) in [7, 11) is 0. The van der Waals surface area contributed by atoms with Gasteiger partial charge in [-0.25, -0.2) is 0 Å². The zero-order valence-electron chi connectivity index (χ0n) is 9.27. The molecule has 2 N–H and O–H groups in total. The Labute approximate surface area is 86.0 Å². The minimum atomic E-state index is 0.0723. The fourth-order valence-corrected chi connectivity index (χ4v) is 5.57. The first-order valence-corrected chi connectivity index (χ1v) is 5.88. The molecule has 2 unspecified atom stereocenters. The molecule has 0 saturated heterocycles. The van der Waals surface area contributed by atoms with Gasteiger partial charge in [0.25, 0.3) is 0 Å². The van der Waals surface area contributed by atoms with Crippen molar-refractivity contribution in [2.24, 2.45) is 16.7 Å². The van der Waals surface area contributed by atoms with Gasteiger partial charge >= 0.3 is 0 Å². The molecule has 0 amide bonds. The maximum Gasteiger partial charge on any atom is 0.0443 e. The van der Waals surface area contributed by atoms with Gasteiger partial charge in [-0.05, 0) is 55.3 Å². The first-order chi connectivity index (χ1) is 6.47. The van der Waals surface area contributed by atoms with Crippen LogP contribution in [0.1, 0.15) is 52.4 Å². The average Bonchev–Trinajstić information content (AvgIpc) is 1.97. The van der Waals surface area contributed by atoms with Gasteiger partial charge in [0.2, 0.25) is 0 Å². The molecule has 0 radical (unpaired) electrons. The molecule has 14 heavy (non-hydrogen) atoms. The first kappa shape index (κ1) is 9.17. The minimum Gasteiger partial charge on any atom is -0.316 e. The van der Waals surface area contributed by atoms with Crippen LogP contribution in [0.2, 0.25) is 0 Å². The van der Waals surface area contributed by atoms with Gasteiger partial charge in [-0.3, -0.25) is 0 Å². The Balaban J connectivity index is 2.01. The maximum absolute atomic E-state index is 9.41. The topological polar surface area (TPSA) is 32.3 Å². The maximum atomic E-state index is 9.41. The number of rotatable bonds is 1. The van der Waals surface area contributed by atoms with Gasteiger partial charge in [0.15, 0.2) is 0 Å². The van der Waals surface area contributed by atoms with Crippen molar-refractivity contribution in [1.82, 2.24) is 5.48 Å². The highest BCUT2D eigenvalue weighted by atomic mass is 16.5. The molecule has 4 aliphatic rings. The van der Waals surface area contributed by atoms with Crippen molar-refractivity contribution < 1.29 is 5.21 Å². The van der Waals surface area contributed by atoms with Crippen molar-refractivity contribution >= 4 is 0 Å². The first-order valence-electron chi connectivity index (χ1n) is 5.88. The van der Waals surface area contributed by atoms with Crippen LogP contribution in [0.25, 0.3) is 0 Å². The average molecular weight is 195 g/mol. The minimum absolute atomic E-state index is 0.0723. The lowest BCUT2D eigenvalue weighted by atomic mass is 9.43. The van der Waals surface area contributed by atoms with Gasteiger partial charge in [0.1, 0.15) is 0 Å². The van der Waals surface area contributed by atoms with E-state index in [1.165, 1.54) is 38.5 Å². The van der Waals surface area contributed by atoms with E-state index in [4.69, 9.17) is 0 Å². The van der Waals surface area contributed by atoms with Crippen molar-refractivity contribution in [2.75, 3.05) is 0 Å². The van der Waals surface area contributed by atoms with Crippen molar-refractivity contribution in [3.8, 4) is 0 Å². The van der Waals surface area contributed by atoms with Gasteiger partial charge < -0.3 is 5.21 Å². The lowest BCUT2D eigenvalue weighted by Gasteiger charge is -2.64. The number of hydroxylamine groups is 1. The van der Waals surface area contributed by atoms with Gasteiger partial charge in [-0.2, -0.15) is 5.48 Å². The summed E-state index contributed by atoms with van der Waals surface area (Å²) >= 11 is 0. The van der Waals surface area contributed by atoms with Crippen LogP contribution in [-0.4, -0.2) is 10.7 Å². The normalized spacial score (nSPS) is 60.6. The van der Waals surface area contributed by atoms with E-state index < -0.39 is 0 Å². The summed E-state index contributed by atoms with van der Waals surface area (Å²) in [4.78, 5) is 0. The predicted octanol–water partition coefficient (Wildman–Crippen LogP) is 2.71. The number of hydrogen-bond acceptors (Lipinski definition) is 2. The van der Waals surface area contributed by atoms with Gasteiger partial charge in [-0.15, -0.1) is 0 Å². The van der Waals surface area contributed by atoms with Crippen LogP contribution < -0.4 is 5.48 Å². The summed E-state index contributed by atoms with van der Waals surface area (Å²) in [5, 5.41) is 9.41. The van der Waals surface area contributed by atoms with E-state index in [9.17, 15) is 5.21 Å². The third kappa shape index (κ3) is 1.10. The second kappa shape index (κ2) is 2.35. The molecule has 80 valence electrons. The predicted molar refractivity (Wildman–Crippen MR) is 55.1 cm³/mol. The standard InChI is InChI=1S/C12H21NO/c1-10-3-9-4-11(2,6-10)8-12(5-9,7-10)13-14/h9,13-14H,3-8H2,1-2H3. The highest BCUT2D eigenvalue weighted by Crippen LogP contribution is 2.66. The largest absolute Gasteiger partial charge is 0.316 e. The molecule has 4 saturated carbocycles. The molecule has 0 aromatic rings. The lowest BCUT2D eigenvalue weighted by molar-refractivity contribution is -0.150. The molecule has 0 spiro atoms. The van der Waals surface area contributed by atoms with E-state index in [-0.39, 0.29) is 5.54 Å². The summed E-state index contributed by atoms with van der Waals surface area (Å²) in [6.07, 6.45) is 7.73. The fourth-order valence-electron chi connectivity index (χ4n) is 5.57. The monoisotopic (exact) mass is 195 g/mol. The van der Waals surface area contributed by atoms with Gasteiger partial charge in [-0.1, -0.05) is 13.8 Å². The fraction of sp³-hybridized carbons (Fsp3) is 1.00. The Bertz CT molecular complexity index is 257. The van der Waals surface area contributed by atoms with E-state index in [0.717, 1.165) is 5.92 Å². The molecule has 0 heterocycles. The van der Waals surface area contributed by atoms with Crippen LogP contribution in [0.3, 0.4) is 0 Å². The van der Waals surface area contributed by atoms with Crippen molar-refractivity contribution in [2.45, 2.75) is 57.9 Å². The summed E-state index contributed by atoms with van der Waals surface area (Å²) in [6, 6.07) is 0. The molecular formula is C12H21NO. The number of hydrogen-bond donors (Lipinski definition) is 2. The van der Waals surface area contributed by atoms with Crippen LogP contribution in [-0.2, 0) is 0 Å². The lowest BCUT2D eigenvalue weighted by Crippen LogP contribution is -2.63. The van der Waals surface area contributed by atoms with Crippen LogP contribution in [0.15, 0.2) is 0 Å². The molecular weight excluding hydrogens is 174 g/mol. The molecule has 0 aromatic carbocycles. The Kier molecular flexibility index (Phi) is 1.54. The van der Waals surface area contributed by atoms with Gasteiger partial charge in [0, 0.05) is 5.54 Å². The summed E-state index contributed by atoms with van der Waals surface area (Å²) in [5.74, 6) is 0.862. The second-order valence-electron chi connectivity index (χ2n) is 7.02. The highest BCUT2D eigenvalue weighted by Gasteiger charge is 2.60. The van der Waals surface area contributed by atoms with Crippen molar-refractivity contribution in [3.05, 3.63) is 0 Å². The Morgan fingerprint density at radius 2 is 1.57 bits per heavy atom. The van der Waals surface area contributed by atoms with E-state index >= 15 is 0 Å². The molecule has 2 atom stereocenters. The zero-order valence-corrected chi connectivity index (χ0v) is 9.27. The quantitative estimate of drug-likeness (QED) is 0.630. The van der Waals surface area contributed by atoms with Crippen molar-refractivity contribution in [1.29, 1.82) is 0 Å². The molecule has 4 bridgehead atoms. The molecule has 4 rings (SSSR count). The summed E-state index contributed by atoms with van der Waals surface area (Å²) < 4.78 is 0. The smallest absolute Gasteiger partial charge is 0.0443 e.